The lowest BCUT2D eigenvalue weighted by molar-refractivity contribution is -0.176. The van der Waals surface area contributed by atoms with Crippen LogP contribution in [0.3, 0.4) is 0 Å². The predicted octanol–water partition coefficient (Wildman–Crippen LogP) is 1.46. The van der Waals surface area contributed by atoms with Gasteiger partial charge in [-0.25, -0.2) is 0 Å². The third kappa shape index (κ3) is 1.55. The number of esters is 1. The molecule has 4 heteroatoms. The lowest BCUT2D eigenvalue weighted by Crippen LogP contribution is -2.41. The van der Waals surface area contributed by atoms with Crippen molar-refractivity contribution in [1.29, 1.82) is 0 Å². The van der Waals surface area contributed by atoms with Gasteiger partial charge in [0, 0.05) is 12.5 Å². The molecule has 3 atom stereocenters. The van der Waals surface area contributed by atoms with Crippen LogP contribution < -0.4 is 0 Å². The van der Waals surface area contributed by atoms with Crippen molar-refractivity contribution in [3.63, 3.8) is 0 Å². The molecular formula is C12H20O4. The lowest BCUT2D eigenvalue weighted by atomic mass is 9.68. The summed E-state index contributed by atoms with van der Waals surface area (Å²) in [6.07, 6.45) is 4.44. The van der Waals surface area contributed by atoms with Crippen LogP contribution in [-0.2, 0) is 14.3 Å². The van der Waals surface area contributed by atoms with Gasteiger partial charge in [-0.1, -0.05) is 6.42 Å². The monoisotopic (exact) mass is 228 g/mol. The molecule has 2 aliphatic rings. The number of aliphatic hydroxyl groups excluding tert-OH is 1. The minimum Gasteiger partial charge on any atom is -0.469 e. The molecule has 2 fully saturated rings. The second kappa shape index (κ2) is 4.00. The third-order valence-electron chi connectivity index (χ3n) is 4.49. The van der Waals surface area contributed by atoms with Gasteiger partial charge in [0.25, 0.3) is 0 Å². The number of aliphatic hydroxyl groups is 1. The molecule has 3 unspecified atom stereocenters. The zero-order chi connectivity index (χ0) is 11.8. The van der Waals surface area contributed by atoms with E-state index in [4.69, 9.17) is 9.47 Å². The minimum atomic E-state index is -0.751. The summed E-state index contributed by atoms with van der Waals surface area (Å²) in [5, 5.41) is 9.95. The molecule has 2 aliphatic carbocycles. The van der Waals surface area contributed by atoms with Crippen LogP contribution in [0.15, 0.2) is 0 Å². The molecule has 0 heterocycles. The number of fused-ring (bicyclic) bond motifs is 2. The van der Waals surface area contributed by atoms with E-state index in [9.17, 15) is 9.90 Å². The van der Waals surface area contributed by atoms with E-state index < -0.39 is 6.29 Å². The van der Waals surface area contributed by atoms with E-state index in [-0.39, 0.29) is 16.8 Å². The Morgan fingerprint density at radius 3 is 2.62 bits per heavy atom. The van der Waals surface area contributed by atoms with Crippen molar-refractivity contribution in [2.24, 2.45) is 10.8 Å². The van der Waals surface area contributed by atoms with E-state index in [1.54, 1.807) is 0 Å². The summed E-state index contributed by atoms with van der Waals surface area (Å²) in [7, 11) is 2.96. The highest BCUT2D eigenvalue weighted by Crippen LogP contribution is 2.60. The topological polar surface area (TPSA) is 55.8 Å². The lowest BCUT2D eigenvalue weighted by Gasteiger charge is -2.39. The highest BCUT2D eigenvalue weighted by molar-refractivity contribution is 5.77. The minimum absolute atomic E-state index is 0.114. The molecule has 0 saturated heterocycles. The smallest absolute Gasteiger partial charge is 0.311 e. The van der Waals surface area contributed by atoms with Gasteiger partial charge in [-0.3, -0.25) is 4.79 Å². The molecule has 0 aliphatic heterocycles. The molecule has 2 bridgehead atoms. The van der Waals surface area contributed by atoms with Gasteiger partial charge in [0.05, 0.1) is 12.5 Å². The number of carbonyl (C=O) groups is 1. The standard InChI is InChI=1S/C12H20O4/c1-15-9(13)11-4-3-5-12(8-11,7-6-11)10(14)16-2/h9,13H,3-8H2,1-2H3. The van der Waals surface area contributed by atoms with Gasteiger partial charge in [0.1, 0.15) is 0 Å². The van der Waals surface area contributed by atoms with Gasteiger partial charge in [0.2, 0.25) is 0 Å². The van der Waals surface area contributed by atoms with Gasteiger partial charge in [-0.2, -0.15) is 0 Å². The summed E-state index contributed by atoms with van der Waals surface area (Å²) in [5.41, 5.74) is -0.576. The molecule has 92 valence electrons. The van der Waals surface area contributed by atoms with Crippen molar-refractivity contribution in [1.82, 2.24) is 0 Å². The van der Waals surface area contributed by atoms with E-state index in [0.29, 0.717) is 6.42 Å². The van der Waals surface area contributed by atoms with E-state index in [2.05, 4.69) is 0 Å². The Morgan fingerprint density at radius 1 is 1.25 bits per heavy atom. The van der Waals surface area contributed by atoms with Crippen LogP contribution in [0, 0.1) is 10.8 Å². The summed E-state index contributed by atoms with van der Waals surface area (Å²) < 4.78 is 9.98. The maximum atomic E-state index is 11.9. The number of ether oxygens (including phenoxy) is 2. The fourth-order valence-corrected chi connectivity index (χ4v) is 3.62. The number of carbonyl (C=O) groups excluding carboxylic acids is 1. The highest BCUT2D eigenvalue weighted by Gasteiger charge is 2.58. The Labute approximate surface area is 95.9 Å². The second-order valence-electron chi connectivity index (χ2n) is 5.25. The molecule has 2 rings (SSSR count). The quantitative estimate of drug-likeness (QED) is 0.587. The predicted molar refractivity (Wildman–Crippen MR) is 57.6 cm³/mol. The van der Waals surface area contributed by atoms with E-state index >= 15 is 0 Å². The van der Waals surface area contributed by atoms with Crippen molar-refractivity contribution in [2.45, 2.75) is 44.8 Å². The molecule has 0 aromatic rings. The fraction of sp³-hybridized carbons (Fsp3) is 0.917. The van der Waals surface area contributed by atoms with E-state index in [1.807, 2.05) is 0 Å². The van der Waals surface area contributed by atoms with Crippen LogP contribution in [0.5, 0.6) is 0 Å². The molecule has 1 N–H and O–H groups in total. The zero-order valence-electron chi connectivity index (χ0n) is 9.99. The first-order chi connectivity index (χ1) is 7.58. The molecular weight excluding hydrogens is 208 g/mol. The first-order valence-electron chi connectivity index (χ1n) is 5.88. The largest absolute Gasteiger partial charge is 0.469 e. The molecule has 0 aromatic heterocycles. The molecule has 0 spiro atoms. The normalized spacial score (nSPS) is 39.4. The molecule has 0 aromatic carbocycles. The average Bonchev–Trinajstić information content (AvgIpc) is 2.61. The molecule has 4 nitrogen and oxygen atoms in total. The van der Waals surface area contributed by atoms with Crippen molar-refractivity contribution < 1.29 is 19.4 Å². The third-order valence-corrected chi connectivity index (χ3v) is 4.49. The molecule has 2 saturated carbocycles. The van der Waals surface area contributed by atoms with Crippen LogP contribution in [-0.4, -0.2) is 31.6 Å². The first kappa shape index (κ1) is 11.9. The van der Waals surface area contributed by atoms with Gasteiger partial charge < -0.3 is 14.6 Å². The van der Waals surface area contributed by atoms with Crippen LogP contribution in [0.1, 0.15) is 38.5 Å². The average molecular weight is 228 g/mol. The first-order valence-corrected chi connectivity index (χ1v) is 5.88. The van der Waals surface area contributed by atoms with Crippen LogP contribution >= 0.6 is 0 Å². The number of methoxy groups -OCH3 is 2. The second-order valence-corrected chi connectivity index (χ2v) is 5.25. The highest BCUT2D eigenvalue weighted by atomic mass is 16.6. The molecule has 0 amide bonds. The van der Waals surface area contributed by atoms with Gasteiger partial charge in [-0.15, -0.1) is 0 Å². The van der Waals surface area contributed by atoms with Gasteiger partial charge >= 0.3 is 5.97 Å². The Morgan fingerprint density at radius 2 is 2.00 bits per heavy atom. The Balaban J connectivity index is 2.21. The van der Waals surface area contributed by atoms with Crippen LogP contribution in [0.25, 0.3) is 0 Å². The Bertz CT molecular complexity index is 291. The zero-order valence-corrected chi connectivity index (χ0v) is 9.99. The molecule has 16 heavy (non-hydrogen) atoms. The van der Waals surface area contributed by atoms with Crippen LogP contribution in [0.4, 0.5) is 0 Å². The summed E-state index contributed by atoms with van der Waals surface area (Å²) in [4.78, 5) is 11.9. The van der Waals surface area contributed by atoms with Crippen LogP contribution in [0.2, 0.25) is 0 Å². The summed E-state index contributed by atoms with van der Waals surface area (Å²) >= 11 is 0. The van der Waals surface area contributed by atoms with Crippen molar-refractivity contribution in [3.8, 4) is 0 Å². The Kier molecular flexibility index (Phi) is 2.97. The SMILES string of the molecule is COC(=O)C12CCCC(C(O)OC)(CC1)C2. The summed E-state index contributed by atoms with van der Waals surface area (Å²) in [6, 6.07) is 0. The van der Waals surface area contributed by atoms with Gasteiger partial charge in [-0.05, 0) is 32.1 Å². The van der Waals surface area contributed by atoms with Crippen molar-refractivity contribution in [2.75, 3.05) is 14.2 Å². The van der Waals surface area contributed by atoms with Crippen molar-refractivity contribution >= 4 is 5.97 Å². The molecule has 0 radical (unpaired) electrons. The van der Waals surface area contributed by atoms with Crippen molar-refractivity contribution in [3.05, 3.63) is 0 Å². The summed E-state index contributed by atoms with van der Waals surface area (Å²) in [5.74, 6) is -0.114. The van der Waals surface area contributed by atoms with E-state index in [0.717, 1.165) is 32.1 Å². The van der Waals surface area contributed by atoms with E-state index in [1.165, 1.54) is 14.2 Å². The van der Waals surface area contributed by atoms with Gasteiger partial charge in [0.15, 0.2) is 6.29 Å². The fourth-order valence-electron chi connectivity index (χ4n) is 3.62. The number of rotatable bonds is 3. The summed E-state index contributed by atoms with van der Waals surface area (Å²) in [6.45, 7) is 0. The number of hydrogen-bond acceptors (Lipinski definition) is 4. The maximum Gasteiger partial charge on any atom is 0.311 e. The number of hydrogen-bond donors (Lipinski definition) is 1. The Hall–Kier alpha value is -0.610. The maximum absolute atomic E-state index is 11.9.